The Hall–Kier alpha value is -1.61. The summed E-state index contributed by atoms with van der Waals surface area (Å²) in [5.41, 5.74) is 0.314. The van der Waals surface area contributed by atoms with Gasteiger partial charge in [0, 0.05) is 28.0 Å². The first-order chi connectivity index (χ1) is 26.6. The second kappa shape index (κ2) is 20.3. The van der Waals surface area contributed by atoms with Crippen LogP contribution in [0.25, 0.3) is 0 Å². The van der Waals surface area contributed by atoms with Crippen molar-refractivity contribution in [3.05, 3.63) is 54.6 Å². The molecule has 1 aromatic rings. The highest BCUT2D eigenvalue weighted by molar-refractivity contribution is 6.89. The number of esters is 2. The minimum Gasteiger partial charge on any atom is -0.459 e. The van der Waals surface area contributed by atoms with E-state index in [9.17, 15) is 9.59 Å². The molecular formula is C48H90O7Si4. The highest BCUT2D eigenvalue weighted by Crippen LogP contribution is 2.54. The lowest BCUT2D eigenvalue weighted by atomic mass is 9.90. The Morgan fingerprint density at radius 1 is 0.678 bits per heavy atom. The van der Waals surface area contributed by atoms with E-state index in [0.717, 1.165) is 32.1 Å². The summed E-state index contributed by atoms with van der Waals surface area (Å²) in [6, 6.07) is 10.9. The molecular weight excluding hydrogens is 801 g/mol. The van der Waals surface area contributed by atoms with Crippen molar-refractivity contribution >= 4 is 50.2 Å². The second-order valence-electron chi connectivity index (χ2n) is 21.3. The largest absolute Gasteiger partial charge is 0.459 e. The van der Waals surface area contributed by atoms with E-state index in [1.165, 1.54) is 5.19 Å². The molecule has 0 aliphatic rings. The number of hydrogen-bond donors (Lipinski definition) is 0. The van der Waals surface area contributed by atoms with Gasteiger partial charge in [-0.05, 0) is 129 Å². The van der Waals surface area contributed by atoms with Gasteiger partial charge in [0.2, 0.25) is 16.6 Å². The summed E-state index contributed by atoms with van der Waals surface area (Å²) in [7, 11) is -10.2. The van der Waals surface area contributed by atoms with Gasteiger partial charge in [-0.15, -0.1) is 0 Å². The Morgan fingerprint density at radius 2 is 1.17 bits per heavy atom. The molecule has 0 aromatic heterocycles. The van der Waals surface area contributed by atoms with Crippen LogP contribution in [0.15, 0.2) is 54.6 Å². The second-order valence-corrected chi connectivity index (χ2v) is 39.6. The number of carbonyl (C=O) groups is 2. The highest BCUT2D eigenvalue weighted by atomic mass is 28.4. The van der Waals surface area contributed by atoms with Crippen LogP contribution >= 0.6 is 0 Å². The molecule has 0 aliphatic heterocycles. The standard InChI is InChI=1S/C48H90O7Si4/c1-25-45(14,52-43(50)37(7)8)35-44(12,13)56(18,19)47(16,27-3)55-59(24,41-32-30-29-31-33-41)40(11)39(10)53-58(22,23)48(17,28-4)54-57(20,21)46(15,26-2)34-38(9)51-42(49)36(5)6/h29-33,38-40H,5,7,25-28,34-35H2,1-4,6,8-24H3/t38?,39?,40?,45?,46?,47-,48?,59?/m0/s1. The first-order valence-electron chi connectivity index (χ1n) is 22.4. The Kier molecular flexibility index (Phi) is 19.0. The van der Waals surface area contributed by atoms with E-state index in [0.29, 0.717) is 17.6 Å². The van der Waals surface area contributed by atoms with Crippen LogP contribution in [0.2, 0.25) is 61.4 Å². The predicted octanol–water partition coefficient (Wildman–Crippen LogP) is 13.4. The zero-order chi connectivity index (χ0) is 46.4. The van der Waals surface area contributed by atoms with Gasteiger partial charge in [-0.1, -0.05) is 118 Å². The Labute approximate surface area is 367 Å². The van der Waals surface area contributed by atoms with Gasteiger partial charge in [-0.2, -0.15) is 0 Å². The molecule has 0 aliphatic carbocycles. The van der Waals surface area contributed by atoms with Crippen molar-refractivity contribution in [1.82, 2.24) is 0 Å². The third-order valence-corrected chi connectivity index (χ3v) is 35.9. The molecule has 11 heteroatoms. The van der Waals surface area contributed by atoms with Crippen molar-refractivity contribution in [3.63, 3.8) is 0 Å². The van der Waals surface area contributed by atoms with Crippen LogP contribution < -0.4 is 5.19 Å². The van der Waals surface area contributed by atoms with E-state index in [4.69, 9.17) is 22.8 Å². The van der Waals surface area contributed by atoms with Gasteiger partial charge in [-0.3, -0.25) is 0 Å². The zero-order valence-corrected chi connectivity index (χ0v) is 46.1. The molecule has 0 N–H and O–H groups in total. The van der Waals surface area contributed by atoms with Crippen molar-refractivity contribution in [2.24, 2.45) is 0 Å². The van der Waals surface area contributed by atoms with Crippen LogP contribution in [0.4, 0.5) is 0 Å². The number of carbonyl (C=O) groups excluding carboxylic acids is 2. The lowest BCUT2D eigenvalue weighted by molar-refractivity contribution is -0.155. The van der Waals surface area contributed by atoms with Crippen molar-refractivity contribution in [1.29, 1.82) is 0 Å². The van der Waals surface area contributed by atoms with Crippen LogP contribution in [0, 0.1) is 0 Å². The molecule has 0 fully saturated rings. The summed E-state index contributed by atoms with van der Waals surface area (Å²) in [4.78, 5) is 25.2. The number of rotatable bonds is 25. The quantitative estimate of drug-likeness (QED) is 0.0549. The summed E-state index contributed by atoms with van der Waals surface area (Å²) in [6.45, 7) is 56.8. The van der Waals surface area contributed by atoms with Crippen LogP contribution in [-0.2, 0) is 32.3 Å². The van der Waals surface area contributed by atoms with E-state index in [1.807, 2.05) is 6.92 Å². The van der Waals surface area contributed by atoms with E-state index >= 15 is 0 Å². The molecule has 8 atom stereocenters. The monoisotopic (exact) mass is 891 g/mol. The van der Waals surface area contributed by atoms with Crippen molar-refractivity contribution in [2.75, 3.05) is 0 Å². The predicted molar refractivity (Wildman–Crippen MR) is 262 cm³/mol. The van der Waals surface area contributed by atoms with Crippen LogP contribution in [0.3, 0.4) is 0 Å². The lowest BCUT2D eigenvalue weighted by Gasteiger charge is -2.57. The fourth-order valence-corrected chi connectivity index (χ4v) is 24.7. The maximum Gasteiger partial charge on any atom is 0.333 e. The summed E-state index contributed by atoms with van der Waals surface area (Å²) < 4.78 is 34.9. The van der Waals surface area contributed by atoms with Gasteiger partial charge < -0.3 is 22.8 Å². The summed E-state index contributed by atoms with van der Waals surface area (Å²) in [5, 5.41) is 0.0922. The molecule has 59 heavy (non-hydrogen) atoms. The molecule has 7 nitrogen and oxygen atoms in total. The first kappa shape index (κ1) is 55.4. The number of ether oxygens (including phenoxy) is 2. The van der Waals surface area contributed by atoms with Crippen molar-refractivity contribution in [2.45, 2.75) is 232 Å². The molecule has 0 saturated heterocycles. The molecule has 0 bridgehead atoms. The van der Waals surface area contributed by atoms with Crippen LogP contribution in [-0.4, -0.2) is 73.2 Å². The topological polar surface area (TPSA) is 80.3 Å². The summed E-state index contributed by atoms with van der Waals surface area (Å²) in [6.07, 6.45) is 4.43. The fraction of sp³-hybridized carbons (Fsp3) is 0.750. The van der Waals surface area contributed by atoms with Gasteiger partial charge in [-0.25, -0.2) is 9.59 Å². The normalized spacial score (nSPS) is 19.7. The minimum absolute atomic E-state index is 0.101. The molecule has 0 spiro atoms. The molecule has 0 radical (unpaired) electrons. The van der Waals surface area contributed by atoms with Gasteiger partial charge in [0.1, 0.15) is 5.60 Å². The molecule has 1 rings (SSSR count). The Balaban J connectivity index is 3.69. The van der Waals surface area contributed by atoms with Gasteiger partial charge in [0.25, 0.3) is 0 Å². The van der Waals surface area contributed by atoms with E-state index in [2.05, 4.69) is 172 Å². The van der Waals surface area contributed by atoms with Crippen LogP contribution in [0.5, 0.6) is 0 Å². The molecule has 0 amide bonds. The SMILES string of the molecule is C=C(C)C(=O)OC(C)CC(C)(CC)[Si](C)(C)OC(C)(CC)[Si](C)(C)OC(C)C(C)[Si](C)(O[C@](C)(CC)[Si](C)(C)C(C)(C)CC(C)(CC)OC(=O)C(=C)C)c1ccccc1. The smallest absolute Gasteiger partial charge is 0.333 e. The van der Waals surface area contributed by atoms with E-state index in [-0.39, 0.29) is 39.8 Å². The Morgan fingerprint density at radius 3 is 1.59 bits per heavy atom. The zero-order valence-electron chi connectivity index (χ0n) is 42.1. The van der Waals surface area contributed by atoms with Crippen molar-refractivity contribution < 1.29 is 32.3 Å². The number of hydrogen-bond acceptors (Lipinski definition) is 7. The lowest BCUT2D eigenvalue weighted by Crippen LogP contribution is -2.68. The maximum atomic E-state index is 12.8. The van der Waals surface area contributed by atoms with Crippen LogP contribution in [0.1, 0.15) is 142 Å². The molecule has 0 heterocycles. The molecule has 1 aromatic carbocycles. The van der Waals surface area contributed by atoms with Gasteiger partial charge in [0.05, 0.1) is 19.4 Å². The third-order valence-electron chi connectivity index (χ3n) is 15.8. The number of benzene rings is 1. The molecule has 7 unspecified atom stereocenters. The summed E-state index contributed by atoms with van der Waals surface area (Å²) >= 11 is 0. The third kappa shape index (κ3) is 12.5. The maximum absolute atomic E-state index is 12.8. The van der Waals surface area contributed by atoms with Crippen molar-refractivity contribution in [3.8, 4) is 0 Å². The van der Waals surface area contributed by atoms with Gasteiger partial charge >= 0.3 is 11.9 Å². The minimum atomic E-state index is -2.78. The fourth-order valence-electron chi connectivity index (χ4n) is 8.93. The van der Waals surface area contributed by atoms with Gasteiger partial charge in [0.15, 0.2) is 8.32 Å². The Bertz CT molecular complexity index is 1590. The van der Waals surface area contributed by atoms with E-state index in [1.54, 1.807) is 13.8 Å². The average Bonchev–Trinajstić information content (AvgIpc) is 3.13. The average molecular weight is 892 g/mol. The molecule has 0 saturated carbocycles. The van der Waals surface area contributed by atoms with E-state index < -0.39 is 49.1 Å². The highest BCUT2D eigenvalue weighted by Gasteiger charge is 2.59. The first-order valence-corrected chi connectivity index (χ1v) is 33.7. The summed E-state index contributed by atoms with van der Waals surface area (Å²) in [5.74, 6) is -0.673. The molecule has 340 valence electrons.